The summed E-state index contributed by atoms with van der Waals surface area (Å²) in [5, 5.41) is 1.99. The first-order valence-electron chi connectivity index (χ1n) is 6.04. The zero-order chi connectivity index (χ0) is 13.6. The largest absolute Gasteiger partial charge is 0.494 e. The fourth-order valence-electron chi connectivity index (χ4n) is 1.67. The molecule has 0 saturated carbocycles. The molecule has 4 heteroatoms. The first kappa shape index (κ1) is 16.5. The molecule has 0 saturated heterocycles. The third-order valence-corrected chi connectivity index (χ3v) is 6.20. The lowest BCUT2D eigenvalue weighted by Gasteiger charge is -2.34. The molecule has 0 radical (unpaired) electrons. The van der Waals surface area contributed by atoms with E-state index in [0.29, 0.717) is 5.92 Å². The first-order valence-corrected chi connectivity index (χ1v) is 9.08. The molecule has 0 heterocycles. The van der Waals surface area contributed by atoms with E-state index in [0.717, 1.165) is 33.9 Å². The van der Waals surface area contributed by atoms with Gasteiger partial charge in [0.25, 0.3) is 0 Å². The van der Waals surface area contributed by atoms with E-state index < -0.39 is 0 Å². The predicted molar refractivity (Wildman–Crippen MR) is 89.1 cm³/mol. The number of hydrogen-bond acceptors (Lipinski definition) is 1. The van der Waals surface area contributed by atoms with Gasteiger partial charge >= 0.3 is 0 Å². The molecule has 0 amide bonds. The summed E-state index contributed by atoms with van der Waals surface area (Å²) in [6.45, 7) is 5.28. The Hall–Kier alpha value is 0.460. The molecule has 1 nitrogen and oxygen atoms in total. The fourth-order valence-corrected chi connectivity index (χ4v) is 4.72. The smallest absolute Gasteiger partial charge is 0.119 e. The Labute approximate surface area is 135 Å². The molecule has 0 aromatic heterocycles. The summed E-state index contributed by atoms with van der Waals surface area (Å²) in [5.41, 5.74) is 0.259. The highest BCUT2D eigenvalue weighted by molar-refractivity contribution is 9.10. The standard InChI is InChI=1S/C14H19Br3O/c1-11(2)14(9-15,10-16)7-8-18-13-5-3-12(17)4-6-13/h3-6,11H,7-10H2,1-2H3. The van der Waals surface area contributed by atoms with Crippen LogP contribution in [0.3, 0.4) is 0 Å². The van der Waals surface area contributed by atoms with Crippen molar-refractivity contribution in [2.75, 3.05) is 17.3 Å². The molecule has 0 aliphatic heterocycles. The van der Waals surface area contributed by atoms with Crippen LogP contribution < -0.4 is 4.74 Å². The lowest BCUT2D eigenvalue weighted by molar-refractivity contribution is 0.187. The third kappa shape index (κ3) is 4.53. The van der Waals surface area contributed by atoms with Gasteiger partial charge in [-0.3, -0.25) is 0 Å². The zero-order valence-corrected chi connectivity index (χ0v) is 15.5. The molecule has 0 atom stereocenters. The maximum atomic E-state index is 5.81. The van der Waals surface area contributed by atoms with Crippen LogP contribution in [0.1, 0.15) is 20.3 Å². The van der Waals surface area contributed by atoms with Crippen LogP contribution >= 0.6 is 47.8 Å². The van der Waals surface area contributed by atoms with E-state index in [4.69, 9.17) is 4.74 Å². The summed E-state index contributed by atoms with van der Waals surface area (Å²) in [7, 11) is 0. The van der Waals surface area contributed by atoms with Gasteiger partial charge in [0.2, 0.25) is 0 Å². The fraction of sp³-hybridized carbons (Fsp3) is 0.571. The van der Waals surface area contributed by atoms with Crippen molar-refractivity contribution in [2.45, 2.75) is 20.3 Å². The normalized spacial score (nSPS) is 11.9. The Balaban J connectivity index is 2.51. The lowest BCUT2D eigenvalue weighted by Crippen LogP contribution is -2.33. The molecule has 102 valence electrons. The molecule has 0 fully saturated rings. The minimum absolute atomic E-state index is 0.259. The van der Waals surface area contributed by atoms with Crippen LogP contribution in [0.2, 0.25) is 0 Å². The van der Waals surface area contributed by atoms with Gasteiger partial charge in [-0.25, -0.2) is 0 Å². The molecule has 1 aromatic carbocycles. The van der Waals surface area contributed by atoms with Gasteiger partial charge in [0.05, 0.1) is 6.61 Å². The van der Waals surface area contributed by atoms with Gasteiger partial charge in [-0.1, -0.05) is 61.6 Å². The van der Waals surface area contributed by atoms with Crippen molar-refractivity contribution >= 4 is 47.8 Å². The molecule has 1 rings (SSSR count). The molecule has 0 bridgehead atoms. The summed E-state index contributed by atoms with van der Waals surface area (Å²) in [6.07, 6.45) is 1.04. The molecule has 0 aliphatic carbocycles. The number of hydrogen-bond donors (Lipinski definition) is 0. The summed E-state index contributed by atoms with van der Waals surface area (Å²) < 4.78 is 6.88. The van der Waals surface area contributed by atoms with Gasteiger partial charge in [0, 0.05) is 15.1 Å². The quantitative estimate of drug-likeness (QED) is 0.496. The van der Waals surface area contributed by atoms with Crippen molar-refractivity contribution in [3.63, 3.8) is 0 Å². The van der Waals surface area contributed by atoms with E-state index in [1.54, 1.807) is 0 Å². The van der Waals surface area contributed by atoms with Crippen molar-refractivity contribution in [3.05, 3.63) is 28.7 Å². The van der Waals surface area contributed by atoms with Gasteiger partial charge in [0.15, 0.2) is 0 Å². The Morgan fingerprint density at radius 3 is 2.11 bits per heavy atom. The Kier molecular flexibility index (Phi) is 7.25. The Morgan fingerprint density at radius 1 is 1.11 bits per heavy atom. The molecular formula is C14H19Br3O. The van der Waals surface area contributed by atoms with Crippen LogP contribution in [0.5, 0.6) is 5.75 Å². The van der Waals surface area contributed by atoms with Gasteiger partial charge in [-0.05, 0) is 42.0 Å². The molecule has 18 heavy (non-hydrogen) atoms. The SMILES string of the molecule is CC(C)C(CBr)(CBr)CCOc1ccc(Br)cc1. The van der Waals surface area contributed by atoms with Crippen molar-refractivity contribution in [3.8, 4) is 5.75 Å². The van der Waals surface area contributed by atoms with E-state index in [1.165, 1.54) is 0 Å². The zero-order valence-electron chi connectivity index (χ0n) is 10.8. The predicted octanol–water partition coefficient (Wildman–Crippen LogP) is 5.65. The molecule has 0 unspecified atom stereocenters. The lowest BCUT2D eigenvalue weighted by atomic mass is 9.78. The summed E-state index contributed by atoms with van der Waals surface area (Å²) in [5.74, 6) is 1.55. The summed E-state index contributed by atoms with van der Waals surface area (Å²) in [4.78, 5) is 0. The van der Waals surface area contributed by atoms with Gasteiger partial charge in [-0.15, -0.1) is 0 Å². The Bertz CT molecular complexity index is 345. The van der Waals surface area contributed by atoms with Crippen LogP contribution in [-0.2, 0) is 0 Å². The summed E-state index contributed by atoms with van der Waals surface area (Å²) in [6, 6.07) is 7.98. The van der Waals surface area contributed by atoms with Crippen molar-refractivity contribution in [2.24, 2.45) is 11.3 Å². The van der Waals surface area contributed by atoms with Crippen molar-refractivity contribution < 1.29 is 4.74 Å². The number of alkyl halides is 2. The maximum absolute atomic E-state index is 5.81. The topological polar surface area (TPSA) is 9.23 Å². The molecule has 0 spiro atoms. The number of halogens is 3. The van der Waals surface area contributed by atoms with Gasteiger partial charge in [0.1, 0.15) is 5.75 Å². The van der Waals surface area contributed by atoms with Crippen LogP contribution in [0.4, 0.5) is 0 Å². The van der Waals surface area contributed by atoms with Crippen LogP contribution in [0, 0.1) is 11.3 Å². The highest BCUT2D eigenvalue weighted by atomic mass is 79.9. The molecule has 0 aliphatic rings. The van der Waals surface area contributed by atoms with E-state index >= 15 is 0 Å². The van der Waals surface area contributed by atoms with Crippen molar-refractivity contribution in [1.29, 1.82) is 0 Å². The minimum Gasteiger partial charge on any atom is -0.494 e. The first-order chi connectivity index (χ1) is 8.54. The minimum atomic E-state index is 0.259. The highest BCUT2D eigenvalue weighted by Gasteiger charge is 2.31. The maximum Gasteiger partial charge on any atom is 0.119 e. The molecule has 1 aromatic rings. The molecule has 0 N–H and O–H groups in total. The van der Waals surface area contributed by atoms with E-state index in [-0.39, 0.29) is 5.41 Å². The van der Waals surface area contributed by atoms with Gasteiger partial charge in [-0.2, -0.15) is 0 Å². The summed E-state index contributed by atoms with van der Waals surface area (Å²) >= 11 is 10.7. The van der Waals surface area contributed by atoms with Crippen LogP contribution in [0.25, 0.3) is 0 Å². The van der Waals surface area contributed by atoms with E-state index in [2.05, 4.69) is 61.6 Å². The highest BCUT2D eigenvalue weighted by Crippen LogP contribution is 2.35. The van der Waals surface area contributed by atoms with Crippen molar-refractivity contribution in [1.82, 2.24) is 0 Å². The van der Waals surface area contributed by atoms with Crippen LogP contribution in [-0.4, -0.2) is 17.3 Å². The number of ether oxygens (including phenoxy) is 1. The average Bonchev–Trinajstić information content (AvgIpc) is 2.37. The second-order valence-electron chi connectivity index (χ2n) is 4.84. The monoisotopic (exact) mass is 440 g/mol. The number of benzene rings is 1. The second kappa shape index (κ2) is 7.91. The van der Waals surface area contributed by atoms with E-state index in [1.807, 2.05) is 24.3 Å². The molecular weight excluding hydrogens is 424 g/mol. The second-order valence-corrected chi connectivity index (χ2v) is 6.87. The van der Waals surface area contributed by atoms with Crippen LogP contribution in [0.15, 0.2) is 28.7 Å². The Morgan fingerprint density at radius 2 is 1.67 bits per heavy atom. The third-order valence-electron chi connectivity index (χ3n) is 3.44. The van der Waals surface area contributed by atoms with Gasteiger partial charge < -0.3 is 4.74 Å². The van der Waals surface area contributed by atoms with E-state index in [9.17, 15) is 0 Å². The average molecular weight is 443 g/mol. The number of rotatable bonds is 7.